The zero-order chi connectivity index (χ0) is 17.0. The maximum Gasteiger partial charge on any atom is 0.338 e. The molecule has 23 heavy (non-hydrogen) atoms. The van der Waals surface area contributed by atoms with E-state index >= 15 is 0 Å². The van der Waals surface area contributed by atoms with Gasteiger partial charge < -0.3 is 15.2 Å². The minimum Gasteiger partial charge on any atom is -0.508 e. The van der Waals surface area contributed by atoms with Gasteiger partial charge in [-0.25, -0.2) is 4.79 Å². The molecule has 1 aliphatic rings. The van der Waals surface area contributed by atoms with Crippen LogP contribution in [0.1, 0.15) is 50.4 Å². The summed E-state index contributed by atoms with van der Waals surface area (Å²) in [4.78, 5) is 24.3. The molecule has 0 radical (unpaired) electrons. The van der Waals surface area contributed by atoms with E-state index in [-0.39, 0.29) is 17.7 Å². The van der Waals surface area contributed by atoms with E-state index in [4.69, 9.17) is 4.74 Å². The van der Waals surface area contributed by atoms with Crippen LogP contribution in [0.5, 0.6) is 5.75 Å². The Hall–Kier alpha value is -2.04. The van der Waals surface area contributed by atoms with E-state index in [1.165, 1.54) is 30.7 Å². The molecule has 0 aliphatic heterocycles. The predicted octanol–water partition coefficient (Wildman–Crippen LogP) is 2.88. The molecule has 0 bridgehead atoms. The summed E-state index contributed by atoms with van der Waals surface area (Å²) in [5.41, 5.74) is 0.308. The Bertz CT molecular complexity index is 555. The van der Waals surface area contributed by atoms with Crippen molar-refractivity contribution in [1.29, 1.82) is 0 Å². The third-order valence-electron chi connectivity index (χ3n) is 4.79. The van der Waals surface area contributed by atoms with Gasteiger partial charge in [-0.3, -0.25) is 4.79 Å². The molecule has 1 saturated carbocycles. The lowest BCUT2D eigenvalue weighted by atomic mass is 9.78. The molecular weight excluding hydrogens is 294 g/mol. The SMILES string of the molecule is C[C@@H]1[C@@H](C)CCC[C@H]1NC(=O)[C@@H](C)OC(=O)c1ccc(O)cc1. The number of phenols is 1. The number of rotatable bonds is 4. The molecule has 1 fully saturated rings. The van der Waals surface area contributed by atoms with Crippen LogP contribution in [-0.4, -0.2) is 29.1 Å². The Morgan fingerprint density at radius 1 is 1.22 bits per heavy atom. The summed E-state index contributed by atoms with van der Waals surface area (Å²) in [6, 6.07) is 5.89. The molecule has 1 amide bonds. The lowest BCUT2D eigenvalue weighted by Crippen LogP contribution is -2.47. The van der Waals surface area contributed by atoms with Crippen molar-refractivity contribution in [3.63, 3.8) is 0 Å². The maximum atomic E-state index is 12.3. The summed E-state index contributed by atoms with van der Waals surface area (Å²) in [5, 5.41) is 12.2. The number of amides is 1. The van der Waals surface area contributed by atoms with Crippen LogP contribution >= 0.6 is 0 Å². The molecule has 1 aliphatic carbocycles. The van der Waals surface area contributed by atoms with Crippen LogP contribution in [0.15, 0.2) is 24.3 Å². The van der Waals surface area contributed by atoms with Gasteiger partial charge >= 0.3 is 5.97 Å². The van der Waals surface area contributed by atoms with E-state index in [0.29, 0.717) is 17.4 Å². The first-order valence-corrected chi connectivity index (χ1v) is 8.19. The van der Waals surface area contributed by atoms with Crippen molar-refractivity contribution >= 4 is 11.9 Å². The number of carbonyl (C=O) groups is 2. The summed E-state index contributed by atoms with van der Waals surface area (Å²) >= 11 is 0. The molecule has 1 aromatic carbocycles. The minimum atomic E-state index is -0.847. The first-order chi connectivity index (χ1) is 10.9. The molecule has 0 heterocycles. The maximum absolute atomic E-state index is 12.3. The van der Waals surface area contributed by atoms with Gasteiger partial charge in [0.25, 0.3) is 5.91 Å². The minimum absolute atomic E-state index is 0.0766. The molecule has 2 rings (SSSR count). The van der Waals surface area contributed by atoms with Crippen LogP contribution in [0.2, 0.25) is 0 Å². The number of hydrogen-bond donors (Lipinski definition) is 2. The van der Waals surface area contributed by atoms with E-state index in [9.17, 15) is 14.7 Å². The third-order valence-corrected chi connectivity index (χ3v) is 4.79. The number of esters is 1. The van der Waals surface area contributed by atoms with E-state index in [2.05, 4.69) is 19.2 Å². The standard InChI is InChI=1S/C18H25NO4/c1-11-5-4-6-16(12(11)2)19-17(21)13(3)23-18(22)14-7-9-15(20)10-8-14/h7-13,16,20H,4-6H2,1-3H3,(H,19,21)/t11-,12+,13+,16+/m0/s1. The van der Waals surface area contributed by atoms with Crippen LogP contribution in [0.4, 0.5) is 0 Å². The van der Waals surface area contributed by atoms with Gasteiger partial charge in [-0.15, -0.1) is 0 Å². The topological polar surface area (TPSA) is 75.6 Å². The van der Waals surface area contributed by atoms with Gasteiger partial charge in [-0.05, 0) is 49.4 Å². The molecule has 5 heteroatoms. The highest BCUT2D eigenvalue weighted by atomic mass is 16.5. The summed E-state index contributed by atoms with van der Waals surface area (Å²) in [7, 11) is 0. The fourth-order valence-electron chi connectivity index (χ4n) is 2.97. The van der Waals surface area contributed by atoms with Crippen molar-refractivity contribution in [2.75, 3.05) is 0 Å². The van der Waals surface area contributed by atoms with Gasteiger partial charge in [0.2, 0.25) is 0 Å². The normalized spacial score (nSPS) is 25.4. The number of ether oxygens (including phenoxy) is 1. The Morgan fingerprint density at radius 3 is 2.52 bits per heavy atom. The van der Waals surface area contributed by atoms with Crippen LogP contribution < -0.4 is 5.32 Å². The van der Waals surface area contributed by atoms with Crippen molar-refractivity contribution in [3.8, 4) is 5.75 Å². The Morgan fingerprint density at radius 2 is 1.87 bits per heavy atom. The number of aromatic hydroxyl groups is 1. The largest absolute Gasteiger partial charge is 0.508 e. The Kier molecular flexibility index (Phi) is 5.64. The molecule has 0 spiro atoms. The number of hydrogen-bond acceptors (Lipinski definition) is 4. The van der Waals surface area contributed by atoms with Gasteiger partial charge in [0.1, 0.15) is 5.75 Å². The van der Waals surface area contributed by atoms with Gasteiger partial charge in [0, 0.05) is 6.04 Å². The van der Waals surface area contributed by atoms with Crippen molar-refractivity contribution < 1.29 is 19.4 Å². The monoisotopic (exact) mass is 319 g/mol. The quantitative estimate of drug-likeness (QED) is 0.837. The van der Waals surface area contributed by atoms with E-state index in [1.54, 1.807) is 6.92 Å². The van der Waals surface area contributed by atoms with Crippen molar-refractivity contribution in [2.45, 2.75) is 52.2 Å². The highest BCUT2D eigenvalue weighted by molar-refractivity contribution is 5.92. The fourth-order valence-corrected chi connectivity index (χ4v) is 2.97. The molecule has 4 atom stereocenters. The van der Waals surface area contributed by atoms with E-state index in [0.717, 1.165) is 12.8 Å². The van der Waals surface area contributed by atoms with Crippen LogP contribution in [-0.2, 0) is 9.53 Å². The first-order valence-electron chi connectivity index (χ1n) is 8.19. The summed E-state index contributed by atoms with van der Waals surface area (Å²) in [6.45, 7) is 5.93. The van der Waals surface area contributed by atoms with Crippen molar-refractivity contribution in [1.82, 2.24) is 5.32 Å². The fraction of sp³-hybridized carbons (Fsp3) is 0.556. The van der Waals surface area contributed by atoms with Crippen LogP contribution in [0.25, 0.3) is 0 Å². The zero-order valence-corrected chi connectivity index (χ0v) is 13.9. The molecule has 1 aromatic rings. The second-order valence-electron chi connectivity index (χ2n) is 6.48. The highest BCUT2D eigenvalue weighted by Gasteiger charge is 2.30. The number of carbonyl (C=O) groups excluding carboxylic acids is 2. The number of nitrogens with one attached hydrogen (secondary N) is 1. The second-order valence-corrected chi connectivity index (χ2v) is 6.48. The molecule has 0 unspecified atom stereocenters. The Balaban J connectivity index is 1.89. The number of benzene rings is 1. The molecule has 5 nitrogen and oxygen atoms in total. The van der Waals surface area contributed by atoms with Crippen LogP contribution in [0, 0.1) is 11.8 Å². The van der Waals surface area contributed by atoms with E-state index in [1.807, 2.05) is 0 Å². The Labute approximate surface area is 137 Å². The lowest BCUT2D eigenvalue weighted by molar-refractivity contribution is -0.130. The molecule has 2 N–H and O–H groups in total. The zero-order valence-electron chi connectivity index (χ0n) is 13.9. The molecule has 0 saturated heterocycles. The third kappa shape index (κ3) is 4.47. The van der Waals surface area contributed by atoms with E-state index < -0.39 is 12.1 Å². The van der Waals surface area contributed by atoms with Crippen molar-refractivity contribution in [3.05, 3.63) is 29.8 Å². The average molecular weight is 319 g/mol. The first kappa shape index (κ1) is 17.3. The predicted molar refractivity (Wildman–Crippen MR) is 87.1 cm³/mol. The highest BCUT2D eigenvalue weighted by Crippen LogP contribution is 2.29. The molecule has 0 aromatic heterocycles. The van der Waals surface area contributed by atoms with Gasteiger partial charge in [0.15, 0.2) is 6.10 Å². The molecular formula is C18H25NO4. The average Bonchev–Trinajstić information content (AvgIpc) is 2.52. The van der Waals surface area contributed by atoms with Crippen molar-refractivity contribution in [2.24, 2.45) is 11.8 Å². The lowest BCUT2D eigenvalue weighted by Gasteiger charge is -2.35. The summed E-state index contributed by atoms with van der Waals surface area (Å²) < 4.78 is 5.21. The van der Waals surface area contributed by atoms with Gasteiger partial charge in [0.05, 0.1) is 5.56 Å². The molecule has 126 valence electrons. The summed E-state index contributed by atoms with van der Waals surface area (Å²) in [6.07, 6.45) is 2.42. The number of phenolic OH excluding ortho intramolecular Hbond substituents is 1. The van der Waals surface area contributed by atoms with Gasteiger partial charge in [-0.2, -0.15) is 0 Å². The second kappa shape index (κ2) is 7.49. The summed E-state index contributed by atoms with van der Waals surface area (Å²) in [5.74, 6) is 0.255. The smallest absolute Gasteiger partial charge is 0.338 e. The van der Waals surface area contributed by atoms with Crippen LogP contribution in [0.3, 0.4) is 0 Å². The van der Waals surface area contributed by atoms with Gasteiger partial charge in [-0.1, -0.05) is 26.7 Å².